The number of carbonyl (C=O) groups excluding carboxylic acids is 1. The van der Waals surface area contributed by atoms with E-state index in [0.29, 0.717) is 38.6 Å². The molecular weight excluding hydrogens is 458 g/mol. The van der Waals surface area contributed by atoms with Crippen LogP contribution < -0.4 is 10.1 Å². The molecule has 0 saturated heterocycles. The van der Waals surface area contributed by atoms with Gasteiger partial charge < -0.3 is 4.74 Å². The highest BCUT2D eigenvalue weighted by Crippen LogP contribution is 2.30. The molecular formula is C20H16ClN5O3S2. The van der Waals surface area contributed by atoms with Crippen LogP contribution in [0.4, 0.5) is 5.13 Å². The normalized spacial score (nSPS) is 10.8. The number of benzene rings is 2. The zero-order valence-electron chi connectivity index (χ0n) is 16.2. The average molecular weight is 474 g/mol. The Labute approximate surface area is 190 Å². The monoisotopic (exact) mass is 473 g/mol. The second kappa shape index (κ2) is 9.90. The highest BCUT2D eigenvalue weighted by atomic mass is 35.5. The van der Waals surface area contributed by atoms with Crippen LogP contribution in [-0.2, 0) is 12.4 Å². The van der Waals surface area contributed by atoms with Crippen LogP contribution in [0.1, 0.15) is 27.3 Å². The summed E-state index contributed by atoms with van der Waals surface area (Å²) >= 11 is 9.00. The molecule has 11 heteroatoms. The van der Waals surface area contributed by atoms with E-state index in [1.165, 1.54) is 23.1 Å². The Morgan fingerprint density at radius 2 is 1.97 bits per heavy atom. The molecule has 0 aliphatic rings. The lowest BCUT2D eigenvalue weighted by atomic mass is 10.2. The Kier molecular flexibility index (Phi) is 6.80. The third-order valence-corrected chi connectivity index (χ3v) is 6.56. The van der Waals surface area contributed by atoms with Crippen LogP contribution in [0.5, 0.6) is 5.75 Å². The topological polar surface area (TPSA) is 103 Å². The van der Waals surface area contributed by atoms with E-state index in [-0.39, 0.29) is 12.5 Å². The zero-order chi connectivity index (χ0) is 21.6. The summed E-state index contributed by atoms with van der Waals surface area (Å²) in [5, 5.41) is 19.5. The number of hydrogen-bond donors (Lipinski definition) is 1. The minimum atomic E-state index is -0.276. The van der Waals surface area contributed by atoms with Crippen LogP contribution >= 0.6 is 34.7 Å². The first-order valence-corrected chi connectivity index (χ1v) is 11.3. The van der Waals surface area contributed by atoms with Crippen LogP contribution in [0, 0.1) is 6.92 Å². The Balaban J connectivity index is 1.30. The van der Waals surface area contributed by atoms with Gasteiger partial charge in [-0.25, -0.2) is 4.63 Å². The molecule has 0 saturated carbocycles. The number of halogens is 1. The average Bonchev–Trinajstić information content (AvgIpc) is 3.40. The van der Waals surface area contributed by atoms with Crippen LogP contribution in [0.25, 0.3) is 0 Å². The molecule has 1 amide bonds. The van der Waals surface area contributed by atoms with Crippen LogP contribution in [-0.4, -0.2) is 26.4 Å². The number of carbonyl (C=O) groups is 1. The van der Waals surface area contributed by atoms with E-state index >= 15 is 0 Å². The maximum atomic E-state index is 12.5. The van der Waals surface area contributed by atoms with Crippen molar-refractivity contribution < 1.29 is 14.2 Å². The van der Waals surface area contributed by atoms with Gasteiger partial charge in [-0.2, -0.15) is 0 Å². The van der Waals surface area contributed by atoms with E-state index in [1.807, 2.05) is 24.3 Å². The largest absolute Gasteiger partial charge is 0.487 e. The molecule has 4 aromatic rings. The van der Waals surface area contributed by atoms with Crippen molar-refractivity contribution in [3.05, 3.63) is 76.1 Å². The van der Waals surface area contributed by atoms with E-state index < -0.39 is 0 Å². The third-order valence-electron chi connectivity index (χ3n) is 4.17. The first kappa shape index (κ1) is 21.3. The molecule has 2 aromatic carbocycles. The summed E-state index contributed by atoms with van der Waals surface area (Å²) in [6, 6.07) is 14.4. The Morgan fingerprint density at radius 1 is 1.16 bits per heavy atom. The van der Waals surface area contributed by atoms with Crippen LogP contribution in [0.2, 0.25) is 5.02 Å². The molecule has 0 atom stereocenters. The van der Waals surface area contributed by atoms with Gasteiger partial charge in [0.1, 0.15) is 23.7 Å². The van der Waals surface area contributed by atoms with Crippen molar-refractivity contribution in [2.45, 2.75) is 23.6 Å². The van der Waals surface area contributed by atoms with Crippen molar-refractivity contribution in [3.63, 3.8) is 0 Å². The molecule has 0 spiro atoms. The van der Waals surface area contributed by atoms with Crippen molar-refractivity contribution in [2.24, 2.45) is 0 Å². The van der Waals surface area contributed by atoms with Crippen LogP contribution in [0.3, 0.4) is 0 Å². The lowest BCUT2D eigenvalue weighted by molar-refractivity contribution is 0.102. The number of thioether (sulfide) groups is 1. The summed E-state index contributed by atoms with van der Waals surface area (Å²) in [6.07, 6.45) is 0. The number of anilines is 1. The SMILES string of the molecule is Cc1nonc1COc1ccc(C(=O)Nc2nnc(SCc3ccccc3Cl)s2)cc1. The maximum Gasteiger partial charge on any atom is 0.257 e. The Hall–Kier alpha value is -2.95. The highest BCUT2D eigenvalue weighted by Gasteiger charge is 2.12. The number of ether oxygens (including phenoxy) is 1. The van der Waals surface area contributed by atoms with E-state index in [1.54, 1.807) is 31.2 Å². The molecule has 8 nitrogen and oxygen atoms in total. The van der Waals surface area contributed by atoms with E-state index in [2.05, 4.69) is 30.5 Å². The minimum absolute atomic E-state index is 0.236. The molecule has 2 aromatic heterocycles. The molecule has 4 rings (SSSR count). The summed E-state index contributed by atoms with van der Waals surface area (Å²) in [6.45, 7) is 2.02. The number of nitrogens with zero attached hydrogens (tertiary/aromatic N) is 4. The second-order valence-electron chi connectivity index (χ2n) is 6.32. The molecule has 0 unspecified atom stereocenters. The zero-order valence-corrected chi connectivity index (χ0v) is 18.6. The quantitative estimate of drug-likeness (QED) is 0.281. The highest BCUT2D eigenvalue weighted by molar-refractivity contribution is 8.00. The summed E-state index contributed by atoms with van der Waals surface area (Å²) < 4.78 is 11.0. The molecule has 0 aliphatic carbocycles. The van der Waals surface area contributed by atoms with E-state index in [9.17, 15) is 4.79 Å². The van der Waals surface area contributed by atoms with Crippen molar-refractivity contribution in [1.29, 1.82) is 0 Å². The number of aryl methyl sites for hydroxylation is 1. The van der Waals surface area contributed by atoms with Crippen molar-refractivity contribution in [2.75, 3.05) is 5.32 Å². The fraction of sp³-hybridized carbons (Fsp3) is 0.150. The van der Waals surface area contributed by atoms with Gasteiger partial charge in [-0.1, -0.05) is 63.2 Å². The number of aromatic nitrogens is 4. The van der Waals surface area contributed by atoms with E-state index in [0.717, 1.165) is 9.90 Å². The fourth-order valence-electron chi connectivity index (χ4n) is 2.48. The molecule has 0 fully saturated rings. The molecule has 158 valence electrons. The number of nitrogens with one attached hydrogen (secondary N) is 1. The number of hydrogen-bond acceptors (Lipinski definition) is 9. The smallest absolute Gasteiger partial charge is 0.257 e. The lowest BCUT2D eigenvalue weighted by Gasteiger charge is -2.05. The molecule has 0 aliphatic heterocycles. The van der Waals surface area contributed by atoms with Crippen LogP contribution in [0.15, 0.2) is 57.5 Å². The summed E-state index contributed by atoms with van der Waals surface area (Å²) in [5.74, 6) is 1.00. The van der Waals surface area contributed by atoms with Crippen molar-refractivity contribution >= 4 is 45.7 Å². The fourth-order valence-corrected chi connectivity index (χ4v) is 4.51. The van der Waals surface area contributed by atoms with Crippen molar-refractivity contribution in [3.8, 4) is 5.75 Å². The molecule has 0 bridgehead atoms. The first-order chi connectivity index (χ1) is 15.1. The number of amides is 1. The van der Waals surface area contributed by atoms with Gasteiger partial charge in [0.05, 0.1) is 0 Å². The lowest BCUT2D eigenvalue weighted by Crippen LogP contribution is -2.11. The van der Waals surface area contributed by atoms with Gasteiger partial charge in [-0.05, 0) is 42.8 Å². The summed E-state index contributed by atoms with van der Waals surface area (Å²) in [7, 11) is 0. The van der Waals surface area contributed by atoms with Gasteiger partial charge in [0.25, 0.3) is 5.91 Å². The second-order valence-corrected chi connectivity index (χ2v) is 8.92. The minimum Gasteiger partial charge on any atom is -0.487 e. The predicted molar refractivity (Wildman–Crippen MR) is 119 cm³/mol. The third kappa shape index (κ3) is 5.60. The molecule has 0 radical (unpaired) electrons. The van der Waals surface area contributed by atoms with E-state index in [4.69, 9.17) is 16.3 Å². The van der Waals surface area contributed by atoms with Gasteiger partial charge >= 0.3 is 0 Å². The van der Waals surface area contributed by atoms with Gasteiger partial charge in [0, 0.05) is 16.3 Å². The first-order valence-electron chi connectivity index (χ1n) is 9.10. The van der Waals surface area contributed by atoms with Gasteiger partial charge in [-0.15, -0.1) is 10.2 Å². The van der Waals surface area contributed by atoms with Gasteiger partial charge in [0.2, 0.25) is 5.13 Å². The summed E-state index contributed by atoms with van der Waals surface area (Å²) in [5.41, 5.74) is 2.80. The summed E-state index contributed by atoms with van der Waals surface area (Å²) in [4.78, 5) is 12.5. The predicted octanol–water partition coefficient (Wildman–Crippen LogP) is 5.01. The molecule has 2 heterocycles. The van der Waals surface area contributed by atoms with Crippen molar-refractivity contribution in [1.82, 2.24) is 20.5 Å². The molecule has 31 heavy (non-hydrogen) atoms. The van der Waals surface area contributed by atoms with Gasteiger partial charge in [0.15, 0.2) is 4.34 Å². The standard InChI is InChI=1S/C20H16ClN5O3S2/c1-12-17(26-29-25-12)10-28-15-8-6-13(7-9-15)18(27)22-19-23-24-20(31-19)30-11-14-4-2-3-5-16(14)21/h2-9H,10-11H2,1H3,(H,22,23,27). The Morgan fingerprint density at radius 3 is 2.71 bits per heavy atom. The molecule has 1 N–H and O–H groups in total. The van der Waals surface area contributed by atoms with Gasteiger partial charge in [-0.3, -0.25) is 10.1 Å². The maximum absolute atomic E-state index is 12.5. The Bertz CT molecular complexity index is 1180. The number of rotatable bonds is 8.